The number of halogens is 4. The lowest BCUT2D eigenvalue weighted by atomic mass is 9.82. The first-order valence-electron chi connectivity index (χ1n) is 12.6. The van der Waals surface area contributed by atoms with Crippen molar-refractivity contribution in [1.82, 2.24) is 25.1 Å². The molecule has 1 atom stereocenters. The number of carbonyl (C=O) groups excluding carboxylic acids is 1. The molecule has 0 saturated heterocycles. The Hall–Kier alpha value is -4.23. The molecule has 2 aromatic heterocycles. The number of amidine groups is 1. The van der Waals surface area contributed by atoms with Gasteiger partial charge in [0, 0.05) is 25.0 Å². The molecule has 1 saturated carbocycles. The van der Waals surface area contributed by atoms with E-state index in [-0.39, 0.29) is 37.1 Å². The van der Waals surface area contributed by atoms with Crippen molar-refractivity contribution >= 4 is 23.4 Å². The number of hydrogen-bond acceptors (Lipinski definition) is 8. The van der Waals surface area contributed by atoms with Crippen LogP contribution in [0.15, 0.2) is 41.9 Å². The fraction of sp³-hybridized carbons (Fsp3) is 0.423. The summed E-state index contributed by atoms with van der Waals surface area (Å²) in [5, 5.41) is 13.4. The van der Waals surface area contributed by atoms with Crippen LogP contribution in [0.3, 0.4) is 0 Å². The van der Waals surface area contributed by atoms with Crippen LogP contribution in [0.5, 0.6) is 5.88 Å². The Balaban J connectivity index is 1.19. The molecule has 3 heterocycles. The molecule has 0 bridgehead atoms. The average Bonchev–Trinajstić information content (AvgIpc) is 3.56. The minimum atomic E-state index is -4.43. The van der Waals surface area contributed by atoms with Crippen molar-refractivity contribution in [3.05, 3.63) is 48.2 Å². The van der Waals surface area contributed by atoms with Crippen molar-refractivity contribution in [2.75, 3.05) is 11.9 Å². The van der Waals surface area contributed by atoms with Crippen molar-refractivity contribution in [2.24, 2.45) is 17.6 Å². The summed E-state index contributed by atoms with van der Waals surface area (Å²) in [6.07, 6.45) is -0.293. The normalized spacial score (nSPS) is 19.5. The van der Waals surface area contributed by atoms with Crippen LogP contribution in [0.2, 0.25) is 0 Å². The standard InChI is InChI=1S/C26H27F4N7O3/c1-4-39-22-19(14-37(3)35-22)33-23-31-12-17(13-32-23)15-5-6-16(18(27)9-15)10-21(38)34-20-11-24(2,40-36-20)25(7-8-25)26(28,29)30/h5-6,9,12-14H,4,7-8,10-11H2,1-3H3,(H,31,32,33)(H,34,36,38). The van der Waals surface area contributed by atoms with Crippen LogP contribution in [0.4, 0.5) is 29.2 Å². The van der Waals surface area contributed by atoms with E-state index in [9.17, 15) is 22.4 Å². The van der Waals surface area contributed by atoms with Crippen molar-refractivity contribution in [3.8, 4) is 17.0 Å². The summed E-state index contributed by atoms with van der Waals surface area (Å²) < 4.78 is 62.6. The molecule has 1 fully saturated rings. The van der Waals surface area contributed by atoms with E-state index in [2.05, 4.69) is 30.9 Å². The number of oxime groups is 1. The Kier molecular flexibility index (Phi) is 6.88. The third-order valence-corrected chi connectivity index (χ3v) is 7.16. The lowest BCUT2D eigenvalue weighted by Crippen LogP contribution is -2.47. The fourth-order valence-electron chi connectivity index (χ4n) is 4.81. The summed E-state index contributed by atoms with van der Waals surface area (Å²) in [7, 11) is 1.76. The maximum absolute atomic E-state index is 14.9. The third kappa shape index (κ3) is 5.17. The quantitative estimate of drug-likeness (QED) is 0.385. The molecule has 2 N–H and O–H groups in total. The molecule has 1 aromatic carbocycles. The number of benzene rings is 1. The van der Waals surface area contributed by atoms with Crippen LogP contribution in [-0.4, -0.2) is 49.9 Å². The maximum atomic E-state index is 14.9. The molecule has 0 radical (unpaired) electrons. The molecule has 14 heteroatoms. The first-order chi connectivity index (χ1) is 18.9. The molecule has 212 valence electrons. The molecular weight excluding hydrogens is 534 g/mol. The number of alkyl halides is 3. The molecule has 10 nitrogen and oxygen atoms in total. The SMILES string of the molecule is CCOc1nn(C)cc1Nc1ncc(-c2ccc(CC(=O)NC3=NOC(C)(C4(C(F)(F)F)CC4)C3)c(F)c2)cn1. The highest BCUT2D eigenvalue weighted by molar-refractivity contribution is 5.99. The largest absolute Gasteiger partial charge is 0.475 e. The summed E-state index contributed by atoms with van der Waals surface area (Å²) in [5.74, 6) is -0.547. The Morgan fingerprint density at radius 2 is 1.93 bits per heavy atom. The van der Waals surface area contributed by atoms with Crippen LogP contribution in [0.25, 0.3) is 11.1 Å². The van der Waals surface area contributed by atoms with E-state index in [0.717, 1.165) is 0 Å². The predicted octanol–water partition coefficient (Wildman–Crippen LogP) is 4.65. The number of aromatic nitrogens is 4. The van der Waals surface area contributed by atoms with Gasteiger partial charge in [-0.25, -0.2) is 14.4 Å². The molecule has 1 aliphatic carbocycles. The maximum Gasteiger partial charge on any atom is 0.398 e. The van der Waals surface area contributed by atoms with Gasteiger partial charge in [0.1, 0.15) is 16.9 Å². The molecule has 1 amide bonds. The Bertz CT molecular complexity index is 1450. The summed E-state index contributed by atoms with van der Waals surface area (Å²) in [5.41, 5.74) is -1.81. The number of hydrogen-bond donors (Lipinski definition) is 2. The van der Waals surface area contributed by atoms with Gasteiger partial charge in [-0.05, 0) is 43.9 Å². The topological polar surface area (TPSA) is 116 Å². The van der Waals surface area contributed by atoms with E-state index in [0.29, 0.717) is 35.2 Å². The molecular formula is C26H27F4N7O3. The van der Waals surface area contributed by atoms with Crippen LogP contribution in [-0.2, 0) is 23.1 Å². The first-order valence-corrected chi connectivity index (χ1v) is 12.6. The molecule has 3 aromatic rings. The zero-order chi connectivity index (χ0) is 28.7. The highest BCUT2D eigenvalue weighted by Crippen LogP contribution is 2.66. The van der Waals surface area contributed by atoms with Crippen LogP contribution >= 0.6 is 0 Å². The van der Waals surface area contributed by atoms with Gasteiger partial charge in [-0.3, -0.25) is 9.48 Å². The van der Waals surface area contributed by atoms with Gasteiger partial charge in [0.25, 0.3) is 5.88 Å². The number of aryl methyl sites for hydroxylation is 1. The lowest BCUT2D eigenvalue weighted by Gasteiger charge is -2.33. The smallest absolute Gasteiger partial charge is 0.398 e. The highest BCUT2D eigenvalue weighted by atomic mass is 19.4. The van der Waals surface area contributed by atoms with Crippen molar-refractivity contribution in [1.29, 1.82) is 0 Å². The average molecular weight is 562 g/mol. The van der Waals surface area contributed by atoms with Gasteiger partial charge in [-0.15, -0.1) is 5.10 Å². The van der Waals surface area contributed by atoms with Gasteiger partial charge >= 0.3 is 6.18 Å². The Morgan fingerprint density at radius 3 is 2.55 bits per heavy atom. The van der Waals surface area contributed by atoms with Gasteiger partial charge in [0.2, 0.25) is 11.9 Å². The molecule has 1 unspecified atom stereocenters. The van der Waals surface area contributed by atoms with Gasteiger partial charge in [0.05, 0.1) is 25.6 Å². The monoisotopic (exact) mass is 561 g/mol. The van der Waals surface area contributed by atoms with E-state index in [1.807, 2.05) is 6.92 Å². The minimum Gasteiger partial charge on any atom is -0.475 e. The number of ether oxygens (including phenoxy) is 1. The molecule has 5 rings (SSSR count). The van der Waals surface area contributed by atoms with E-state index in [4.69, 9.17) is 9.57 Å². The zero-order valence-electron chi connectivity index (χ0n) is 22.0. The van der Waals surface area contributed by atoms with Gasteiger partial charge in [0.15, 0.2) is 11.4 Å². The second kappa shape index (κ2) is 10.1. The summed E-state index contributed by atoms with van der Waals surface area (Å²) in [6, 6.07) is 4.34. The van der Waals surface area contributed by atoms with E-state index in [1.165, 1.54) is 31.5 Å². The van der Waals surface area contributed by atoms with E-state index < -0.39 is 28.9 Å². The lowest BCUT2D eigenvalue weighted by molar-refractivity contribution is -0.244. The van der Waals surface area contributed by atoms with Gasteiger partial charge < -0.3 is 20.2 Å². The first kappa shape index (κ1) is 27.3. The second-order valence-corrected chi connectivity index (χ2v) is 10.0. The number of nitrogens with zero attached hydrogens (tertiary/aromatic N) is 5. The predicted molar refractivity (Wildman–Crippen MR) is 136 cm³/mol. The zero-order valence-corrected chi connectivity index (χ0v) is 22.0. The number of rotatable bonds is 8. The van der Waals surface area contributed by atoms with Gasteiger partial charge in [-0.1, -0.05) is 17.3 Å². The van der Waals surface area contributed by atoms with Crippen molar-refractivity contribution in [2.45, 2.75) is 51.3 Å². The summed E-state index contributed by atoms with van der Waals surface area (Å²) in [4.78, 5) is 26.2. The minimum absolute atomic E-state index is 0.00874. The Morgan fingerprint density at radius 1 is 1.20 bits per heavy atom. The Labute approximate surface area is 226 Å². The molecule has 1 aliphatic heterocycles. The number of carbonyl (C=O) groups is 1. The van der Waals surface area contributed by atoms with E-state index in [1.54, 1.807) is 24.0 Å². The van der Waals surface area contributed by atoms with Crippen LogP contribution < -0.4 is 15.4 Å². The van der Waals surface area contributed by atoms with Gasteiger partial charge in [-0.2, -0.15) is 13.2 Å². The number of nitrogens with one attached hydrogen (secondary N) is 2. The van der Waals surface area contributed by atoms with E-state index >= 15 is 0 Å². The summed E-state index contributed by atoms with van der Waals surface area (Å²) >= 11 is 0. The molecule has 40 heavy (non-hydrogen) atoms. The molecule has 0 spiro atoms. The van der Waals surface area contributed by atoms with Crippen molar-refractivity contribution in [3.63, 3.8) is 0 Å². The van der Waals surface area contributed by atoms with Crippen LogP contribution in [0.1, 0.15) is 38.7 Å². The fourth-order valence-corrected chi connectivity index (χ4v) is 4.81. The van der Waals surface area contributed by atoms with Crippen LogP contribution in [0, 0.1) is 11.2 Å². The third-order valence-electron chi connectivity index (χ3n) is 7.16. The highest BCUT2D eigenvalue weighted by Gasteiger charge is 2.75. The molecule has 2 aliphatic rings. The number of anilines is 2. The summed E-state index contributed by atoms with van der Waals surface area (Å²) in [6.45, 7) is 3.64. The van der Waals surface area contributed by atoms with Crippen molar-refractivity contribution < 1.29 is 31.9 Å². The second-order valence-electron chi connectivity index (χ2n) is 10.0. The number of amides is 1.